The molecule has 0 aliphatic carbocycles. The average molecular weight is 634 g/mol. The van der Waals surface area contributed by atoms with Crippen LogP contribution in [-0.2, 0) is 23.4 Å². The molecule has 17 nitrogen and oxygen atoms in total. The molecular weight excluding hydrogens is 597 g/mol. The molecule has 2 unspecified atom stereocenters. The van der Waals surface area contributed by atoms with E-state index in [-0.39, 0.29) is 35.2 Å². The lowest BCUT2D eigenvalue weighted by Crippen LogP contribution is -2.43. The number of hydrogen-bond acceptors (Lipinski definition) is 13. The highest BCUT2D eigenvalue weighted by atomic mass is 31.2. The van der Waals surface area contributed by atoms with Gasteiger partial charge in [0.25, 0.3) is 0 Å². The number of carbonyl (C=O) groups excluding carboxylic acids is 1. The second kappa shape index (κ2) is 13.8. The summed E-state index contributed by atoms with van der Waals surface area (Å²) in [7, 11) is -4.31. The van der Waals surface area contributed by atoms with Gasteiger partial charge in [-0.3, -0.25) is 13.9 Å². The van der Waals surface area contributed by atoms with Crippen LogP contribution in [0.2, 0.25) is 0 Å². The van der Waals surface area contributed by atoms with E-state index in [9.17, 15) is 20.0 Å². The first-order valence-electron chi connectivity index (χ1n) is 13.9. The summed E-state index contributed by atoms with van der Waals surface area (Å²) < 4.78 is 44.0. The van der Waals surface area contributed by atoms with Gasteiger partial charge in [0.1, 0.15) is 23.4 Å². The predicted octanol–water partition coefficient (Wildman–Crippen LogP) is 3.66. The van der Waals surface area contributed by atoms with Gasteiger partial charge in [-0.05, 0) is 51.8 Å². The van der Waals surface area contributed by atoms with E-state index < -0.39 is 56.4 Å². The highest BCUT2D eigenvalue weighted by Gasteiger charge is 2.55. The fourth-order valence-corrected chi connectivity index (χ4v) is 6.19. The second-order valence-corrected chi connectivity index (χ2v) is 12.0. The Morgan fingerprint density at radius 2 is 2.05 bits per heavy atom. The topological polar surface area (TPSA) is 231 Å². The van der Waals surface area contributed by atoms with Crippen molar-refractivity contribution in [3.63, 3.8) is 0 Å². The van der Waals surface area contributed by atoms with Crippen molar-refractivity contribution in [1.29, 1.82) is 0 Å². The molecule has 2 aromatic heterocycles. The van der Waals surface area contributed by atoms with E-state index in [1.54, 1.807) is 58.0 Å². The number of nitrogens with two attached hydrogens (primary N) is 1. The Balaban J connectivity index is 1.64. The Hall–Kier alpha value is -3.98. The van der Waals surface area contributed by atoms with Gasteiger partial charge >= 0.3 is 13.7 Å². The zero-order valence-corrected chi connectivity index (χ0v) is 25.8. The third-order valence-corrected chi connectivity index (χ3v) is 8.26. The number of aliphatic hydroxyl groups is 1. The lowest BCUT2D eigenvalue weighted by atomic mass is 9.93. The maximum atomic E-state index is 14.1. The minimum atomic E-state index is -4.31. The molecule has 1 aliphatic heterocycles. The molecule has 44 heavy (non-hydrogen) atoms. The summed E-state index contributed by atoms with van der Waals surface area (Å²) in [6.07, 6.45) is -2.67. The number of nitrogens with zero attached hydrogens (tertiary/aromatic N) is 7. The molecule has 0 amide bonds. The summed E-state index contributed by atoms with van der Waals surface area (Å²) in [6, 6.07) is 7.18. The van der Waals surface area contributed by atoms with Crippen molar-refractivity contribution >= 4 is 30.8 Å². The Labute approximate surface area is 253 Å². The van der Waals surface area contributed by atoms with Gasteiger partial charge in [0, 0.05) is 4.91 Å². The van der Waals surface area contributed by atoms with Gasteiger partial charge in [-0.25, -0.2) is 9.55 Å². The maximum Gasteiger partial charge on any atom is 0.459 e. The van der Waals surface area contributed by atoms with E-state index in [0.717, 1.165) is 0 Å². The first-order valence-corrected chi connectivity index (χ1v) is 15.5. The lowest BCUT2D eigenvalue weighted by molar-refractivity contribution is -0.149. The van der Waals surface area contributed by atoms with Gasteiger partial charge in [-0.15, -0.1) is 0 Å². The number of rotatable bonds is 14. The van der Waals surface area contributed by atoms with Crippen LogP contribution in [0.25, 0.3) is 21.6 Å². The standard InChI is InChI=1S/C26H36N9O8P/c1-6-17(23(37)41-15(3)4)32-44(38,43-16-11-9-8-10-12-16)40-13-18-20(36)26(5,33-34-28)24(42-18)35-14-29-19-21(35)30-25(27)31-22(19)39-7-2/h8-12,14-15,17-18,20,24,36H,6-7,13H2,1-5H3,(H,32,38)(H2,27,30,31)/t17-,18+,20+,24+,26?,44?/m0/s1. The Morgan fingerprint density at radius 3 is 2.68 bits per heavy atom. The number of ether oxygens (including phenoxy) is 3. The zero-order chi connectivity index (χ0) is 32.1. The number of benzene rings is 1. The van der Waals surface area contributed by atoms with E-state index >= 15 is 0 Å². The molecule has 1 fully saturated rings. The van der Waals surface area contributed by atoms with E-state index in [1.165, 1.54) is 17.8 Å². The highest BCUT2D eigenvalue weighted by Crippen LogP contribution is 2.48. The van der Waals surface area contributed by atoms with Crippen molar-refractivity contribution in [1.82, 2.24) is 24.6 Å². The Morgan fingerprint density at radius 1 is 1.32 bits per heavy atom. The highest BCUT2D eigenvalue weighted by molar-refractivity contribution is 7.52. The largest absolute Gasteiger partial charge is 0.476 e. The summed E-state index contributed by atoms with van der Waals surface area (Å²) in [4.78, 5) is 28.3. The molecule has 238 valence electrons. The summed E-state index contributed by atoms with van der Waals surface area (Å²) in [5, 5.41) is 17.9. The Kier molecular flexibility index (Phi) is 10.3. The van der Waals surface area contributed by atoms with Crippen LogP contribution in [0, 0.1) is 0 Å². The molecule has 0 bridgehead atoms. The summed E-state index contributed by atoms with van der Waals surface area (Å²) in [6.45, 7) is 8.13. The average Bonchev–Trinajstić information content (AvgIpc) is 3.49. The normalized spacial score (nSPS) is 23.6. The number of para-hydroxylation sites is 1. The minimum absolute atomic E-state index is 0.0989. The SMILES string of the molecule is CCOc1nc(N)nc2c1ncn2[C@@H]1O[C@H](COP(=O)(N[C@@H](CC)C(=O)OC(C)C)Oc2ccccc2)[C@@H](O)C1(C)N=[N+]=[N-]. The van der Waals surface area contributed by atoms with E-state index in [1.807, 2.05) is 0 Å². The first kappa shape index (κ1) is 32.9. The third-order valence-electron chi connectivity index (χ3n) is 6.69. The molecule has 3 heterocycles. The summed E-state index contributed by atoms with van der Waals surface area (Å²) in [5.74, 6) is -0.398. The predicted molar refractivity (Wildman–Crippen MR) is 157 cm³/mol. The minimum Gasteiger partial charge on any atom is -0.476 e. The van der Waals surface area contributed by atoms with Crippen molar-refractivity contribution < 1.29 is 37.7 Å². The van der Waals surface area contributed by atoms with Gasteiger partial charge in [0.15, 0.2) is 17.4 Å². The first-order chi connectivity index (χ1) is 20.9. The number of nitrogen functional groups attached to an aromatic ring is 1. The lowest BCUT2D eigenvalue weighted by Gasteiger charge is -2.28. The third kappa shape index (κ3) is 7.04. The molecule has 3 aromatic rings. The van der Waals surface area contributed by atoms with Gasteiger partial charge in [-0.1, -0.05) is 30.2 Å². The number of carbonyl (C=O) groups is 1. The smallest absolute Gasteiger partial charge is 0.459 e. The van der Waals surface area contributed by atoms with Gasteiger partial charge in [-0.2, -0.15) is 15.1 Å². The van der Waals surface area contributed by atoms with Crippen LogP contribution in [0.3, 0.4) is 0 Å². The molecular formula is C26H36N9O8P. The quantitative estimate of drug-likeness (QED) is 0.0757. The molecule has 1 aromatic carbocycles. The molecule has 4 N–H and O–H groups in total. The van der Waals surface area contributed by atoms with Gasteiger partial charge in [0.05, 0.1) is 31.7 Å². The molecule has 4 rings (SSSR count). The van der Waals surface area contributed by atoms with Crippen LogP contribution in [0.5, 0.6) is 11.6 Å². The number of nitrogens with one attached hydrogen (secondary N) is 1. The van der Waals surface area contributed by atoms with Gasteiger partial charge in [0.2, 0.25) is 11.8 Å². The molecule has 0 spiro atoms. The molecule has 18 heteroatoms. The molecule has 0 saturated carbocycles. The van der Waals surface area contributed by atoms with Gasteiger partial charge < -0.3 is 29.6 Å². The van der Waals surface area contributed by atoms with Crippen LogP contribution in [0.15, 0.2) is 41.8 Å². The number of anilines is 1. The maximum absolute atomic E-state index is 14.1. The van der Waals surface area contributed by atoms with Crippen molar-refractivity contribution in [3.05, 3.63) is 47.1 Å². The van der Waals surface area contributed by atoms with Crippen molar-refractivity contribution in [2.24, 2.45) is 5.11 Å². The van der Waals surface area contributed by atoms with Crippen molar-refractivity contribution in [2.75, 3.05) is 18.9 Å². The number of aromatic nitrogens is 4. The molecule has 1 saturated heterocycles. The number of aliphatic hydroxyl groups excluding tert-OH is 1. The molecule has 1 aliphatic rings. The van der Waals surface area contributed by atoms with Crippen LogP contribution in [0.1, 0.15) is 47.3 Å². The summed E-state index contributed by atoms with van der Waals surface area (Å²) in [5.41, 5.74) is 14.2. The van der Waals surface area contributed by atoms with Crippen LogP contribution < -0.4 is 20.1 Å². The number of azide groups is 1. The number of fused-ring (bicyclic) bond motifs is 1. The van der Waals surface area contributed by atoms with E-state index in [4.69, 9.17) is 29.0 Å². The monoisotopic (exact) mass is 633 g/mol. The zero-order valence-electron chi connectivity index (χ0n) is 24.9. The van der Waals surface area contributed by atoms with E-state index in [2.05, 4.69) is 30.1 Å². The second-order valence-electron chi connectivity index (χ2n) is 10.3. The van der Waals surface area contributed by atoms with Crippen LogP contribution >= 0.6 is 7.75 Å². The Bertz CT molecular complexity index is 1550. The number of imidazole rings is 1. The number of esters is 1. The number of hydrogen-bond donors (Lipinski definition) is 3. The van der Waals surface area contributed by atoms with Crippen molar-refractivity contribution in [3.8, 4) is 11.6 Å². The fraction of sp³-hybridized carbons (Fsp3) is 0.538. The van der Waals surface area contributed by atoms with Crippen LogP contribution in [-0.4, -0.2) is 73.7 Å². The molecule has 6 atom stereocenters. The van der Waals surface area contributed by atoms with E-state index in [0.29, 0.717) is 6.61 Å². The summed E-state index contributed by atoms with van der Waals surface area (Å²) >= 11 is 0. The molecule has 0 radical (unpaired) electrons. The fourth-order valence-electron chi connectivity index (χ4n) is 4.60. The van der Waals surface area contributed by atoms with Crippen molar-refractivity contribution in [2.45, 2.75) is 77.2 Å². The van der Waals surface area contributed by atoms with Crippen LogP contribution in [0.4, 0.5) is 5.95 Å².